The monoisotopic (exact) mass is 389 g/mol. The largest absolute Gasteiger partial charge is 0.341 e. The molecule has 0 spiro atoms. The lowest BCUT2D eigenvalue weighted by molar-refractivity contribution is 0.0932. The quantitative estimate of drug-likeness (QED) is 0.546. The van der Waals surface area contributed by atoms with Gasteiger partial charge in [-0.1, -0.05) is 41.1 Å². The first-order chi connectivity index (χ1) is 14.0. The summed E-state index contributed by atoms with van der Waals surface area (Å²) in [5.74, 6) is 0.282. The number of aromatic amines is 1. The lowest BCUT2D eigenvalue weighted by Crippen LogP contribution is -2.27. The number of benzene rings is 2. The summed E-state index contributed by atoms with van der Waals surface area (Å²) in [4.78, 5) is 29.2. The third-order valence-corrected chi connectivity index (χ3v) is 4.45. The van der Waals surface area contributed by atoms with Gasteiger partial charge < -0.3 is 9.84 Å². The Bertz CT molecular complexity index is 1190. The summed E-state index contributed by atoms with van der Waals surface area (Å²) in [5.41, 5.74) is 2.35. The van der Waals surface area contributed by atoms with Gasteiger partial charge in [-0.25, -0.2) is 4.68 Å². The van der Waals surface area contributed by atoms with Crippen LogP contribution in [0.5, 0.6) is 0 Å². The fourth-order valence-corrected chi connectivity index (χ4v) is 2.85. The molecule has 2 heterocycles. The van der Waals surface area contributed by atoms with E-state index >= 15 is 0 Å². The molecule has 0 saturated carbocycles. The lowest BCUT2D eigenvalue weighted by atomic mass is 10.2. The highest BCUT2D eigenvalue weighted by Gasteiger charge is 2.19. The highest BCUT2D eigenvalue weighted by atomic mass is 16.5. The highest BCUT2D eigenvalue weighted by Crippen LogP contribution is 2.19. The van der Waals surface area contributed by atoms with Gasteiger partial charge in [0.25, 0.3) is 17.4 Å². The van der Waals surface area contributed by atoms with Crippen LogP contribution in [0, 0.1) is 6.92 Å². The smallest absolute Gasteiger partial charge is 0.271 e. The van der Waals surface area contributed by atoms with Crippen molar-refractivity contribution in [3.8, 4) is 17.1 Å². The van der Waals surface area contributed by atoms with E-state index < -0.39 is 11.9 Å². The second kappa shape index (κ2) is 7.59. The molecule has 0 aliphatic rings. The first-order valence-electron chi connectivity index (χ1n) is 9.10. The predicted octanol–water partition coefficient (Wildman–Crippen LogP) is 3.02. The van der Waals surface area contributed by atoms with Gasteiger partial charge in [-0.15, -0.1) is 0 Å². The number of aryl methyl sites for hydroxylation is 1. The van der Waals surface area contributed by atoms with Gasteiger partial charge in [0.05, 0.1) is 11.7 Å². The molecule has 1 unspecified atom stereocenters. The molecule has 8 heteroatoms. The van der Waals surface area contributed by atoms with Gasteiger partial charge in [0.1, 0.15) is 5.69 Å². The molecule has 4 aromatic rings. The maximum absolute atomic E-state index is 12.6. The molecule has 4 rings (SSSR count). The molecule has 0 saturated heterocycles. The van der Waals surface area contributed by atoms with Crippen molar-refractivity contribution in [1.82, 2.24) is 25.2 Å². The van der Waals surface area contributed by atoms with Crippen LogP contribution in [-0.4, -0.2) is 25.8 Å². The molecule has 29 heavy (non-hydrogen) atoms. The number of hydrogen-bond acceptors (Lipinski definition) is 5. The molecule has 1 amide bonds. The number of carbonyl (C=O) groups is 1. The Morgan fingerprint density at radius 2 is 1.86 bits per heavy atom. The maximum atomic E-state index is 12.6. The maximum Gasteiger partial charge on any atom is 0.271 e. The number of amides is 1. The summed E-state index contributed by atoms with van der Waals surface area (Å²) in [6.45, 7) is 3.70. The fourth-order valence-electron chi connectivity index (χ4n) is 2.85. The van der Waals surface area contributed by atoms with Crippen molar-refractivity contribution in [2.75, 3.05) is 0 Å². The Morgan fingerprint density at radius 1 is 1.14 bits per heavy atom. The van der Waals surface area contributed by atoms with E-state index in [1.165, 1.54) is 10.7 Å². The van der Waals surface area contributed by atoms with Crippen molar-refractivity contribution in [1.29, 1.82) is 0 Å². The predicted molar refractivity (Wildman–Crippen MR) is 107 cm³/mol. The molecule has 2 aromatic heterocycles. The van der Waals surface area contributed by atoms with Crippen molar-refractivity contribution in [2.24, 2.45) is 0 Å². The standard InChI is InChI=1S/C21H19N5O3/c1-13-8-10-16(11-9-13)26-18(27)12-17(24-26)20(28)22-14(2)19-23-21(29-25-19)15-6-4-3-5-7-15/h3-12,14,24H,1-2H3,(H,22,28). The summed E-state index contributed by atoms with van der Waals surface area (Å²) in [6.07, 6.45) is 0. The minimum absolute atomic E-state index is 0.147. The molecule has 1 atom stereocenters. The molecule has 146 valence electrons. The Morgan fingerprint density at radius 3 is 2.59 bits per heavy atom. The Hall–Kier alpha value is -3.94. The molecular formula is C21H19N5O3. The van der Waals surface area contributed by atoms with Gasteiger partial charge in [0.15, 0.2) is 5.82 Å². The van der Waals surface area contributed by atoms with E-state index in [9.17, 15) is 9.59 Å². The zero-order chi connectivity index (χ0) is 20.4. The van der Waals surface area contributed by atoms with Crippen LogP contribution in [0.2, 0.25) is 0 Å². The van der Waals surface area contributed by atoms with E-state index in [2.05, 4.69) is 20.6 Å². The zero-order valence-corrected chi connectivity index (χ0v) is 15.9. The second-order valence-electron chi connectivity index (χ2n) is 6.70. The van der Waals surface area contributed by atoms with Gasteiger partial charge >= 0.3 is 0 Å². The second-order valence-corrected chi connectivity index (χ2v) is 6.70. The molecule has 2 N–H and O–H groups in total. The van der Waals surface area contributed by atoms with Gasteiger partial charge in [-0.05, 0) is 38.1 Å². The van der Waals surface area contributed by atoms with Crippen LogP contribution < -0.4 is 10.9 Å². The molecule has 2 aromatic carbocycles. The van der Waals surface area contributed by atoms with Crippen LogP contribution in [-0.2, 0) is 0 Å². The zero-order valence-electron chi connectivity index (χ0n) is 15.9. The average molecular weight is 389 g/mol. The normalized spacial score (nSPS) is 11.9. The van der Waals surface area contributed by atoms with Crippen molar-refractivity contribution < 1.29 is 9.32 Å². The van der Waals surface area contributed by atoms with Crippen LogP contribution in [0.25, 0.3) is 17.1 Å². The Balaban J connectivity index is 1.50. The highest BCUT2D eigenvalue weighted by molar-refractivity contribution is 5.92. The summed E-state index contributed by atoms with van der Waals surface area (Å²) >= 11 is 0. The summed E-state index contributed by atoms with van der Waals surface area (Å²) < 4.78 is 6.60. The number of nitrogens with one attached hydrogen (secondary N) is 2. The molecule has 0 fully saturated rings. The van der Waals surface area contributed by atoms with E-state index in [4.69, 9.17) is 4.52 Å². The van der Waals surface area contributed by atoms with Crippen LogP contribution in [0.15, 0.2) is 70.0 Å². The first kappa shape index (κ1) is 18.4. The van der Waals surface area contributed by atoms with Gasteiger partial charge in [0, 0.05) is 11.6 Å². The molecule has 0 bridgehead atoms. The van der Waals surface area contributed by atoms with Gasteiger partial charge in [-0.3, -0.25) is 14.7 Å². The molecular weight excluding hydrogens is 370 g/mol. The Labute approximate surface area is 166 Å². The van der Waals surface area contributed by atoms with Crippen LogP contribution in [0.1, 0.15) is 34.8 Å². The number of nitrogens with zero attached hydrogens (tertiary/aromatic N) is 3. The number of hydrogen-bond donors (Lipinski definition) is 2. The molecule has 8 nitrogen and oxygen atoms in total. The summed E-state index contributed by atoms with van der Waals surface area (Å²) in [7, 11) is 0. The van der Waals surface area contributed by atoms with Crippen molar-refractivity contribution in [2.45, 2.75) is 19.9 Å². The van der Waals surface area contributed by atoms with E-state index in [0.29, 0.717) is 17.4 Å². The van der Waals surface area contributed by atoms with E-state index in [-0.39, 0.29) is 11.3 Å². The number of H-pyrrole nitrogens is 1. The summed E-state index contributed by atoms with van der Waals surface area (Å²) in [5, 5.41) is 9.54. The fraction of sp³-hybridized carbons (Fsp3) is 0.143. The SMILES string of the molecule is Cc1ccc(-n2[nH]c(C(=O)NC(C)c3noc(-c4ccccc4)n3)cc2=O)cc1. The number of rotatable bonds is 5. The molecule has 0 aliphatic heterocycles. The minimum Gasteiger partial charge on any atom is -0.341 e. The van der Waals surface area contributed by atoms with Crippen molar-refractivity contribution >= 4 is 5.91 Å². The van der Waals surface area contributed by atoms with E-state index in [0.717, 1.165) is 11.1 Å². The van der Waals surface area contributed by atoms with Crippen LogP contribution in [0.3, 0.4) is 0 Å². The van der Waals surface area contributed by atoms with Crippen molar-refractivity contribution in [3.63, 3.8) is 0 Å². The molecule has 0 radical (unpaired) electrons. The topological polar surface area (TPSA) is 106 Å². The van der Waals surface area contributed by atoms with E-state index in [1.54, 1.807) is 6.92 Å². The number of aromatic nitrogens is 4. The van der Waals surface area contributed by atoms with Gasteiger partial charge in [-0.2, -0.15) is 4.98 Å². The van der Waals surface area contributed by atoms with Crippen LogP contribution >= 0.6 is 0 Å². The third-order valence-electron chi connectivity index (χ3n) is 4.45. The van der Waals surface area contributed by atoms with Gasteiger partial charge in [0.2, 0.25) is 0 Å². The van der Waals surface area contributed by atoms with E-state index in [1.807, 2.05) is 61.5 Å². The Kier molecular flexibility index (Phi) is 4.82. The summed E-state index contributed by atoms with van der Waals surface area (Å²) in [6, 6.07) is 17.5. The first-order valence-corrected chi connectivity index (χ1v) is 9.10. The lowest BCUT2D eigenvalue weighted by Gasteiger charge is -2.08. The average Bonchev–Trinajstić information content (AvgIpc) is 3.37. The third kappa shape index (κ3) is 3.86. The van der Waals surface area contributed by atoms with Crippen molar-refractivity contribution in [3.05, 3.63) is 88.1 Å². The molecule has 0 aliphatic carbocycles. The number of carbonyl (C=O) groups excluding carboxylic acids is 1. The van der Waals surface area contributed by atoms with Crippen LogP contribution in [0.4, 0.5) is 0 Å². The minimum atomic E-state index is -0.505.